The highest BCUT2D eigenvalue weighted by Gasteiger charge is 2.33. The summed E-state index contributed by atoms with van der Waals surface area (Å²) in [5.74, 6) is -0.411. The maximum absolute atomic E-state index is 12.5. The molecule has 0 aromatic heterocycles. The van der Waals surface area contributed by atoms with Crippen molar-refractivity contribution in [2.75, 3.05) is 19.0 Å². The average Bonchev–Trinajstić information content (AvgIpc) is 3.04. The molecule has 0 saturated carbocycles. The molecule has 0 radical (unpaired) electrons. The third kappa shape index (κ3) is 4.80. The number of anilines is 1. The molecule has 8 heteroatoms. The summed E-state index contributed by atoms with van der Waals surface area (Å²) in [7, 11) is 1.33. The fourth-order valence-corrected chi connectivity index (χ4v) is 2.86. The number of nitrogens with one attached hydrogen (secondary N) is 1. The molecule has 1 unspecified atom stereocenters. The molecular formula is C17H22F2N2O4. The van der Waals surface area contributed by atoms with Gasteiger partial charge < -0.3 is 19.7 Å². The SMILES string of the molecule is CCCC(=O)N1CCCC1C(=O)Nc1ccc(OC)c(OC(F)F)c1. The van der Waals surface area contributed by atoms with Gasteiger partial charge in [-0.1, -0.05) is 6.92 Å². The van der Waals surface area contributed by atoms with Crippen molar-refractivity contribution in [1.29, 1.82) is 0 Å². The van der Waals surface area contributed by atoms with Crippen LogP contribution in [0.15, 0.2) is 18.2 Å². The van der Waals surface area contributed by atoms with Crippen LogP contribution in [0.4, 0.5) is 14.5 Å². The first-order chi connectivity index (χ1) is 12.0. The smallest absolute Gasteiger partial charge is 0.387 e. The fraction of sp³-hybridized carbons (Fsp3) is 0.529. The monoisotopic (exact) mass is 356 g/mol. The van der Waals surface area contributed by atoms with E-state index in [1.165, 1.54) is 25.3 Å². The van der Waals surface area contributed by atoms with Crippen LogP contribution in [0.3, 0.4) is 0 Å². The number of carbonyl (C=O) groups is 2. The highest BCUT2D eigenvalue weighted by atomic mass is 19.3. The number of likely N-dealkylation sites (tertiary alicyclic amines) is 1. The summed E-state index contributed by atoms with van der Waals surface area (Å²) in [6.07, 6.45) is 2.46. The summed E-state index contributed by atoms with van der Waals surface area (Å²) >= 11 is 0. The minimum absolute atomic E-state index is 0.0448. The van der Waals surface area contributed by atoms with E-state index in [1.807, 2.05) is 6.92 Å². The van der Waals surface area contributed by atoms with Gasteiger partial charge in [-0.05, 0) is 31.4 Å². The predicted molar refractivity (Wildman–Crippen MR) is 87.9 cm³/mol. The van der Waals surface area contributed by atoms with Crippen LogP contribution in [-0.4, -0.2) is 43.0 Å². The lowest BCUT2D eigenvalue weighted by Crippen LogP contribution is -2.43. The molecule has 6 nitrogen and oxygen atoms in total. The van der Waals surface area contributed by atoms with Gasteiger partial charge in [0, 0.05) is 24.7 Å². The van der Waals surface area contributed by atoms with Gasteiger partial charge in [0.25, 0.3) is 0 Å². The quantitative estimate of drug-likeness (QED) is 0.815. The third-order valence-corrected chi connectivity index (χ3v) is 3.99. The number of rotatable bonds is 7. The Hall–Kier alpha value is -2.38. The Balaban J connectivity index is 2.10. The van der Waals surface area contributed by atoms with Crippen molar-refractivity contribution in [1.82, 2.24) is 4.90 Å². The van der Waals surface area contributed by atoms with E-state index in [0.29, 0.717) is 25.1 Å². The molecule has 1 saturated heterocycles. The molecule has 1 heterocycles. The standard InChI is InChI=1S/C17H22F2N2O4/c1-3-5-15(22)21-9-4-6-12(21)16(23)20-11-7-8-13(24-2)14(10-11)25-17(18)19/h7-8,10,12,17H,3-6,9H2,1-2H3,(H,20,23). The lowest BCUT2D eigenvalue weighted by Gasteiger charge is -2.24. The van der Waals surface area contributed by atoms with Crippen molar-refractivity contribution in [2.24, 2.45) is 0 Å². The minimum atomic E-state index is -3.00. The van der Waals surface area contributed by atoms with E-state index < -0.39 is 12.7 Å². The summed E-state index contributed by atoms with van der Waals surface area (Å²) < 4.78 is 34.3. The molecule has 1 aliphatic rings. The van der Waals surface area contributed by atoms with Gasteiger partial charge in [0.05, 0.1) is 7.11 Å². The van der Waals surface area contributed by atoms with Crippen molar-refractivity contribution < 1.29 is 27.8 Å². The molecule has 1 aromatic carbocycles. The topological polar surface area (TPSA) is 67.9 Å². The lowest BCUT2D eigenvalue weighted by atomic mass is 10.2. The van der Waals surface area contributed by atoms with Crippen LogP contribution in [0.2, 0.25) is 0 Å². The number of alkyl halides is 2. The number of halogens is 2. The van der Waals surface area contributed by atoms with Crippen LogP contribution >= 0.6 is 0 Å². The summed E-state index contributed by atoms with van der Waals surface area (Å²) in [6, 6.07) is 3.70. The molecule has 1 fully saturated rings. The Morgan fingerprint density at radius 1 is 1.36 bits per heavy atom. The first kappa shape index (κ1) is 19.0. The van der Waals surface area contributed by atoms with E-state index in [9.17, 15) is 18.4 Å². The number of hydrogen-bond acceptors (Lipinski definition) is 4. The van der Waals surface area contributed by atoms with Crippen LogP contribution in [0, 0.1) is 0 Å². The van der Waals surface area contributed by atoms with Gasteiger partial charge in [-0.25, -0.2) is 0 Å². The van der Waals surface area contributed by atoms with Gasteiger partial charge in [-0.15, -0.1) is 0 Å². The number of amides is 2. The number of benzene rings is 1. The molecule has 0 aliphatic carbocycles. The molecule has 138 valence electrons. The van der Waals surface area contributed by atoms with Gasteiger partial charge >= 0.3 is 6.61 Å². The fourth-order valence-electron chi connectivity index (χ4n) is 2.86. The summed E-state index contributed by atoms with van der Waals surface area (Å²) in [6.45, 7) is -0.540. The number of methoxy groups -OCH3 is 1. The Kier molecular flexibility index (Phi) is 6.55. The largest absolute Gasteiger partial charge is 0.493 e. The minimum Gasteiger partial charge on any atom is -0.493 e. The first-order valence-electron chi connectivity index (χ1n) is 8.19. The maximum Gasteiger partial charge on any atom is 0.387 e. The number of ether oxygens (including phenoxy) is 2. The van der Waals surface area contributed by atoms with Gasteiger partial charge in [-0.2, -0.15) is 8.78 Å². The Morgan fingerprint density at radius 3 is 2.76 bits per heavy atom. The second kappa shape index (κ2) is 8.64. The van der Waals surface area contributed by atoms with Crippen LogP contribution in [0.1, 0.15) is 32.6 Å². The Labute approximate surface area is 145 Å². The maximum atomic E-state index is 12.5. The zero-order valence-electron chi connectivity index (χ0n) is 14.3. The molecule has 2 amide bonds. The van der Waals surface area contributed by atoms with E-state index in [0.717, 1.165) is 12.8 Å². The number of nitrogens with zero attached hydrogens (tertiary/aromatic N) is 1. The second-order valence-corrected chi connectivity index (χ2v) is 5.73. The second-order valence-electron chi connectivity index (χ2n) is 5.73. The molecule has 1 aromatic rings. The van der Waals surface area contributed by atoms with Crippen molar-refractivity contribution in [3.05, 3.63) is 18.2 Å². The first-order valence-corrected chi connectivity index (χ1v) is 8.19. The normalized spacial score (nSPS) is 16.8. The van der Waals surface area contributed by atoms with Gasteiger partial charge in [0.1, 0.15) is 6.04 Å². The molecule has 25 heavy (non-hydrogen) atoms. The van der Waals surface area contributed by atoms with E-state index >= 15 is 0 Å². The predicted octanol–water partition coefficient (Wildman–Crippen LogP) is 3.03. The zero-order chi connectivity index (χ0) is 18.4. The van der Waals surface area contributed by atoms with E-state index in [-0.39, 0.29) is 23.3 Å². The molecule has 2 rings (SSSR count). The molecule has 0 bridgehead atoms. The molecular weight excluding hydrogens is 334 g/mol. The van der Waals surface area contributed by atoms with Gasteiger partial charge in [-0.3, -0.25) is 9.59 Å². The summed E-state index contributed by atoms with van der Waals surface area (Å²) in [4.78, 5) is 26.2. The van der Waals surface area contributed by atoms with Crippen molar-refractivity contribution >= 4 is 17.5 Å². The zero-order valence-corrected chi connectivity index (χ0v) is 14.3. The van der Waals surface area contributed by atoms with Crippen LogP contribution in [0.25, 0.3) is 0 Å². The van der Waals surface area contributed by atoms with Crippen molar-refractivity contribution in [2.45, 2.75) is 45.3 Å². The Morgan fingerprint density at radius 2 is 2.12 bits per heavy atom. The summed E-state index contributed by atoms with van der Waals surface area (Å²) in [5.41, 5.74) is 0.302. The van der Waals surface area contributed by atoms with Crippen molar-refractivity contribution in [3.8, 4) is 11.5 Å². The van der Waals surface area contributed by atoms with Crippen LogP contribution in [-0.2, 0) is 9.59 Å². The molecule has 1 atom stereocenters. The van der Waals surface area contributed by atoms with E-state index in [1.54, 1.807) is 4.90 Å². The van der Waals surface area contributed by atoms with Crippen LogP contribution < -0.4 is 14.8 Å². The van der Waals surface area contributed by atoms with Crippen molar-refractivity contribution in [3.63, 3.8) is 0 Å². The van der Waals surface area contributed by atoms with Gasteiger partial charge in [0.15, 0.2) is 11.5 Å². The highest BCUT2D eigenvalue weighted by Crippen LogP contribution is 2.32. The Bertz CT molecular complexity index is 625. The molecule has 0 spiro atoms. The highest BCUT2D eigenvalue weighted by molar-refractivity contribution is 5.97. The third-order valence-electron chi connectivity index (χ3n) is 3.99. The number of hydrogen-bond donors (Lipinski definition) is 1. The molecule has 1 N–H and O–H groups in total. The van der Waals surface area contributed by atoms with E-state index in [4.69, 9.17) is 4.74 Å². The molecule has 1 aliphatic heterocycles. The van der Waals surface area contributed by atoms with Crippen LogP contribution in [0.5, 0.6) is 11.5 Å². The van der Waals surface area contributed by atoms with Gasteiger partial charge in [0.2, 0.25) is 11.8 Å². The summed E-state index contributed by atoms with van der Waals surface area (Å²) in [5, 5.41) is 2.66. The average molecular weight is 356 g/mol. The lowest BCUT2D eigenvalue weighted by molar-refractivity contribution is -0.136. The van der Waals surface area contributed by atoms with E-state index in [2.05, 4.69) is 10.1 Å². The number of carbonyl (C=O) groups excluding carboxylic acids is 2.